The number of carboxylic acids is 1. The van der Waals surface area contributed by atoms with Gasteiger partial charge in [-0.3, -0.25) is 14.5 Å². The molecule has 0 bridgehead atoms. The third kappa shape index (κ3) is 5.23. The smallest absolute Gasteiger partial charge is 0.335 e. The van der Waals surface area contributed by atoms with Crippen LogP contribution in [0.15, 0.2) is 146 Å². The molecule has 3 aromatic heterocycles. The first kappa shape index (κ1) is 28.2. The van der Waals surface area contributed by atoms with E-state index in [4.69, 9.17) is 15.0 Å². The number of hydrogen-bond donors (Lipinski definition) is 1. The summed E-state index contributed by atoms with van der Waals surface area (Å²) in [6, 6.07) is 44.4. The van der Waals surface area contributed by atoms with Crippen molar-refractivity contribution in [3.63, 3.8) is 0 Å². The Morgan fingerprint density at radius 2 is 1.19 bits per heavy atom. The molecule has 0 fully saturated rings. The Balaban J connectivity index is 1.30. The minimum atomic E-state index is -0.967. The highest BCUT2D eigenvalue weighted by molar-refractivity contribution is 6.21. The van der Waals surface area contributed by atoms with Gasteiger partial charge in [-0.05, 0) is 83.9 Å². The van der Waals surface area contributed by atoms with E-state index in [-0.39, 0.29) is 5.56 Å². The Kier molecular flexibility index (Phi) is 7.11. The summed E-state index contributed by atoms with van der Waals surface area (Å²) in [6.07, 6.45) is 3.56. The van der Waals surface area contributed by atoms with Gasteiger partial charge in [-0.25, -0.2) is 9.78 Å². The van der Waals surface area contributed by atoms with Crippen molar-refractivity contribution in [1.82, 2.24) is 19.5 Å². The van der Waals surface area contributed by atoms with Crippen molar-refractivity contribution >= 4 is 44.5 Å². The second-order valence-electron chi connectivity index (χ2n) is 11.5. The minimum absolute atomic E-state index is 0.224. The number of hydrogen-bond acceptors (Lipinski definition) is 5. The zero-order chi connectivity index (χ0) is 31.7. The maximum atomic E-state index is 11.7. The molecule has 3 heterocycles. The maximum absolute atomic E-state index is 11.7. The number of imidazole rings is 1. The van der Waals surface area contributed by atoms with Gasteiger partial charge < -0.3 is 10.0 Å². The Morgan fingerprint density at radius 1 is 0.617 bits per heavy atom. The summed E-state index contributed by atoms with van der Waals surface area (Å²) in [5.74, 6) is -0.223. The number of anilines is 1. The van der Waals surface area contributed by atoms with Gasteiger partial charge in [0.25, 0.3) is 0 Å². The van der Waals surface area contributed by atoms with E-state index in [1.54, 1.807) is 24.5 Å². The van der Waals surface area contributed by atoms with E-state index in [0.29, 0.717) is 0 Å². The molecule has 0 spiro atoms. The highest BCUT2D eigenvalue weighted by Gasteiger charge is 2.21. The second kappa shape index (κ2) is 11.9. The van der Waals surface area contributed by atoms with Gasteiger partial charge >= 0.3 is 5.97 Å². The monoisotopic (exact) mass is 611 g/mol. The molecule has 0 aliphatic carbocycles. The third-order valence-electron chi connectivity index (χ3n) is 8.52. The van der Waals surface area contributed by atoms with E-state index >= 15 is 0 Å². The summed E-state index contributed by atoms with van der Waals surface area (Å²) in [5.41, 5.74) is 8.82. The average Bonchev–Trinajstić information content (AvgIpc) is 3.54. The Bertz CT molecular complexity index is 2330. The number of aromatic nitrogens is 4. The van der Waals surface area contributed by atoms with E-state index in [1.165, 1.54) is 11.1 Å². The van der Waals surface area contributed by atoms with Crippen LogP contribution in [-0.2, 0) is 13.1 Å². The van der Waals surface area contributed by atoms with E-state index in [1.807, 2.05) is 48.5 Å². The van der Waals surface area contributed by atoms with Gasteiger partial charge in [0, 0.05) is 53.2 Å². The van der Waals surface area contributed by atoms with Gasteiger partial charge in [0.05, 0.1) is 27.6 Å². The molecule has 0 aliphatic rings. The van der Waals surface area contributed by atoms with E-state index < -0.39 is 5.97 Å². The molecule has 8 rings (SSSR count). The van der Waals surface area contributed by atoms with Gasteiger partial charge in [0.1, 0.15) is 5.82 Å². The largest absolute Gasteiger partial charge is 0.478 e. The van der Waals surface area contributed by atoms with Gasteiger partial charge in [-0.1, -0.05) is 60.7 Å². The van der Waals surface area contributed by atoms with Crippen molar-refractivity contribution in [2.24, 2.45) is 0 Å². The lowest BCUT2D eigenvalue weighted by atomic mass is 10.1. The average molecular weight is 612 g/mol. The molecule has 7 nitrogen and oxygen atoms in total. The lowest BCUT2D eigenvalue weighted by Gasteiger charge is -2.25. The van der Waals surface area contributed by atoms with Crippen LogP contribution in [0.1, 0.15) is 21.5 Å². The molecule has 0 aliphatic heterocycles. The predicted octanol–water partition coefficient (Wildman–Crippen LogP) is 8.69. The molecular formula is C40H29N5O2. The van der Waals surface area contributed by atoms with Crippen LogP contribution >= 0.6 is 0 Å². The zero-order valence-electron chi connectivity index (χ0n) is 25.4. The number of rotatable bonds is 8. The molecule has 7 heteroatoms. The first-order chi connectivity index (χ1) is 23.1. The number of fused-ring (bicyclic) bond motifs is 6. The molecule has 0 radical (unpaired) electrons. The van der Waals surface area contributed by atoms with Crippen LogP contribution in [0.5, 0.6) is 0 Å². The van der Waals surface area contributed by atoms with Crippen molar-refractivity contribution < 1.29 is 9.90 Å². The Labute approximate surface area is 271 Å². The van der Waals surface area contributed by atoms with E-state index in [2.05, 4.69) is 82.3 Å². The van der Waals surface area contributed by atoms with Gasteiger partial charge in [0.15, 0.2) is 0 Å². The zero-order valence-corrected chi connectivity index (χ0v) is 25.4. The highest BCUT2D eigenvalue weighted by atomic mass is 16.4. The Hall–Kier alpha value is -6.34. The molecule has 0 saturated carbocycles. The molecule has 8 aromatic rings. The molecule has 0 amide bonds. The number of carboxylic acid groups (broad SMARTS) is 1. The van der Waals surface area contributed by atoms with Crippen molar-refractivity contribution in [3.8, 4) is 17.1 Å². The molecule has 5 aromatic carbocycles. The number of pyridine rings is 2. The number of carbonyl (C=O) groups is 1. The van der Waals surface area contributed by atoms with Crippen LogP contribution < -0.4 is 4.90 Å². The van der Waals surface area contributed by atoms with Gasteiger partial charge in [-0.15, -0.1) is 0 Å². The summed E-state index contributed by atoms with van der Waals surface area (Å²) in [4.78, 5) is 28.8. The number of nitrogens with zero attached hydrogens (tertiary/aromatic N) is 5. The quantitative estimate of drug-likeness (QED) is 0.173. The molecular weight excluding hydrogens is 582 g/mol. The highest BCUT2D eigenvalue weighted by Crippen LogP contribution is 2.38. The lowest BCUT2D eigenvalue weighted by molar-refractivity contribution is 0.0697. The number of aromatic carboxylic acids is 1. The van der Waals surface area contributed by atoms with Crippen molar-refractivity contribution in [3.05, 3.63) is 163 Å². The first-order valence-corrected chi connectivity index (χ1v) is 15.4. The van der Waals surface area contributed by atoms with Crippen molar-refractivity contribution in [2.75, 3.05) is 4.90 Å². The van der Waals surface area contributed by atoms with E-state index in [9.17, 15) is 9.90 Å². The summed E-state index contributed by atoms with van der Waals surface area (Å²) in [7, 11) is 0. The fourth-order valence-corrected chi connectivity index (χ4v) is 6.29. The molecule has 1 N–H and O–H groups in total. The van der Waals surface area contributed by atoms with E-state index in [0.717, 1.165) is 68.7 Å². The third-order valence-corrected chi connectivity index (χ3v) is 8.52. The molecule has 0 saturated heterocycles. The van der Waals surface area contributed by atoms with Crippen LogP contribution in [0.25, 0.3) is 49.9 Å². The van der Waals surface area contributed by atoms with Crippen molar-refractivity contribution in [2.45, 2.75) is 13.1 Å². The first-order valence-electron chi connectivity index (χ1n) is 15.4. The van der Waals surface area contributed by atoms with Crippen LogP contribution in [0.4, 0.5) is 5.69 Å². The topological polar surface area (TPSA) is 84.1 Å². The molecule has 0 unspecified atom stereocenters. The van der Waals surface area contributed by atoms with Crippen LogP contribution in [0.2, 0.25) is 0 Å². The van der Waals surface area contributed by atoms with Crippen molar-refractivity contribution in [1.29, 1.82) is 0 Å². The van der Waals surface area contributed by atoms with Crippen LogP contribution in [0.3, 0.4) is 0 Å². The lowest BCUT2D eigenvalue weighted by Crippen LogP contribution is -2.22. The summed E-state index contributed by atoms with van der Waals surface area (Å²) in [6.45, 7) is 1.53. The van der Waals surface area contributed by atoms with Gasteiger partial charge in [-0.2, -0.15) is 0 Å². The molecule has 0 atom stereocenters. The van der Waals surface area contributed by atoms with Crippen LogP contribution in [-0.4, -0.2) is 30.6 Å². The minimum Gasteiger partial charge on any atom is -0.478 e. The summed E-state index contributed by atoms with van der Waals surface area (Å²) < 4.78 is 2.11. The summed E-state index contributed by atoms with van der Waals surface area (Å²) >= 11 is 0. The molecule has 47 heavy (non-hydrogen) atoms. The van der Waals surface area contributed by atoms with Gasteiger partial charge in [0.2, 0.25) is 0 Å². The maximum Gasteiger partial charge on any atom is 0.335 e. The predicted molar refractivity (Wildman–Crippen MR) is 187 cm³/mol. The SMILES string of the molecule is O=C(O)c1ccc(-n2c(-c3ccc(N(Cc4ccccc4)Cc4ccccc4)cc3)nc3c4cccnc4c4ncccc4c32)cc1. The summed E-state index contributed by atoms with van der Waals surface area (Å²) in [5, 5.41) is 11.4. The fourth-order valence-electron chi connectivity index (χ4n) is 6.29. The normalized spacial score (nSPS) is 11.3. The second-order valence-corrected chi connectivity index (χ2v) is 11.5. The van der Waals surface area contributed by atoms with Crippen LogP contribution in [0, 0.1) is 0 Å². The molecule has 226 valence electrons. The standard InChI is InChI=1S/C40H29N5O2/c46-40(47)30-17-21-32(22-18-30)45-38-34-14-8-24-42-36(34)35-33(13-7-23-41-35)37(38)43-39(45)29-15-19-31(20-16-29)44(25-27-9-3-1-4-10-27)26-28-11-5-2-6-12-28/h1-24H,25-26H2,(H,46,47). The Morgan fingerprint density at radius 3 is 1.79 bits per heavy atom. The fraction of sp³-hybridized carbons (Fsp3) is 0.0500. The number of benzene rings is 5.